The summed E-state index contributed by atoms with van der Waals surface area (Å²) in [5, 5.41) is 8.75. The van der Waals surface area contributed by atoms with Gasteiger partial charge in [0.15, 0.2) is 0 Å². The molecule has 0 aliphatic carbocycles. The fourth-order valence-corrected chi connectivity index (χ4v) is 3.85. The van der Waals surface area contributed by atoms with Gasteiger partial charge in [0.2, 0.25) is 5.91 Å². The summed E-state index contributed by atoms with van der Waals surface area (Å²) in [5.74, 6) is -0.178. The first kappa shape index (κ1) is 26.1. The average Bonchev–Trinajstić information content (AvgIpc) is 3.19. The van der Waals surface area contributed by atoms with Crippen LogP contribution in [-0.2, 0) is 10.2 Å². The Hall–Kier alpha value is -2.54. The van der Waals surface area contributed by atoms with Crippen molar-refractivity contribution < 1.29 is 9.59 Å². The number of hydrogen-bond acceptors (Lipinski definition) is 3. The van der Waals surface area contributed by atoms with Crippen molar-refractivity contribution in [3.05, 3.63) is 74.9 Å². The zero-order chi connectivity index (χ0) is 25.0. The zero-order valence-corrected chi connectivity index (χ0v) is 21.8. The van der Waals surface area contributed by atoms with Gasteiger partial charge in [0.1, 0.15) is 12.4 Å². The maximum absolute atomic E-state index is 13.1. The SMILES string of the molecule is CCCN(CC(=O)Nc1cc(C(C)(C)C)nn1-c1ccccc1Cl)C(=O)c1ccc(Cl)c(Cl)c1. The highest BCUT2D eigenvalue weighted by molar-refractivity contribution is 6.42. The van der Waals surface area contributed by atoms with Crippen molar-refractivity contribution in [2.24, 2.45) is 0 Å². The normalized spacial score (nSPS) is 11.4. The summed E-state index contributed by atoms with van der Waals surface area (Å²) in [4.78, 5) is 27.6. The maximum atomic E-state index is 13.1. The second-order valence-electron chi connectivity index (χ2n) is 8.93. The number of para-hydroxylation sites is 1. The number of halogens is 3. The van der Waals surface area contributed by atoms with Crippen LogP contribution in [0.25, 0.3) is 5.69 Å². The van der Waals surface area contributed by atoms with Crippen molar-refractivity contribution in [3.8, 4) is 5.69 Å². The maximum Gasteiger partial charge on any atom is 0.254 e. The molecule has 6 nitrogen and oxygen atoms in total. The van der Waals surface area contributed by atoms with Gasteiger partial charge in [-0.3, -0.25) is 9.59 Å². The number of amides is 2. The van der Waals surface area contributed by atoms with Crippen molar-refractivity contribution in [2.75, 3.05) is 18.4 Å². The van der Waals surface area contributed by atoms with Crippen molar-refractivity contribution in [2.45, 2.75) is 39.5 Å². The van der Waals surface area contributed by atoms with Crippen LogP contribution in [0.4, 0.5) is 5.82 Å². The van der Waals surface area contributed by atoms with Gasteiger partial charge in [-0.15, -0.1) is 0 Å². The van der Waals surface area contributed by atoms with E-state index in [4.69, 9.17) is 39.9 Å². The van der Waals surface area contributed by atoms with E-state index in [9.17, 15) is 9.59 Å². The molecule has 0 spiro atoms. The lowest BCUT2D eigenvalue weighted by molar-refractivity contribution is -0.116. The third kappa shape index (κ3) is 6.12. The number of hydrogen-bond donors (Lipinski definition) is 1. The quantitative estimate of drug-likeness (QED) is 0.380. The van der Waals surface area contributed by atoms with Crippen molar-refractivity contribution in [3.63, 3.8) is 0 Å². The van der Waals surface area contributed by atoms with Crippen LogP contribution in [0.3, 0.4) is 0 Å². The van der Waals surface area contributed by atoms with Crippen LogP contribution < -0.4 is 5.32 Å². The van der Waals surface area contributed by atoms with Gasteiger partial charge in [-0.05, 0) is 36.8 Å². The minimum Gasteiger partial charge on any atom is -0.329 e. The molecule has 0 radical (unpaired) electrons. The highest BCUT2D eigenvalue weighted by atomic mass is 35.5. The number of rotatable bonds is 7. The van der Waals surface area contributed by atoms with Gasteiger partial charge in [-0.2, -0.15) is 5.10 Å². The number of anilines is 1. The second kappa shape index (κ2) is 10.8. The Balaban J connectivity index is 1.87. The molecule has 2 amide bonds. The second-order valence-corrected chi connectivity index (χ2v) is 10.2. The van der Waals surface area contributed by atoms with E-state index in [1.807, 2.05) is 52.0 Å². The van der Waals surface area contributed by atoms with E-state index >= 15 is 0 Å². The van der Waals surface area contributed by atoms with E-state index in [1.165, 1.54) is 11.0 Å². The number of nitrogens with one attached hydrogen (secondary N) is 1. The molecule has 0 unspecified atom stereocenters. The fraction of sp³-hybridized carbons (Fsp3) is 0.320. The number of carbonyl (C=O) groups excluding carboxylic acids is 2. The molecule has 0 atom stereocenters. The third-order valence-corrected chi connectivity index (χ3v) is 6.17. The van der Waals surface area contributed by atoms with E-state index in [-0.39, 0.29) is 28.8 Å². The number of aromatic nitrogens is 2. The summed E-state index contributed by atoms with van der Waals surface area (Å²) in [6, 6.07) is 13.8. The largest absolute Gasteiger partial charge is 0.329 e. The van der Waals surface area contributed by atoms with Crippen LogP contribution in [0.1, 0.15) is 50.2 Å². The zero-order valence-electron chi connectivity index (χ0n) is 19.5. The van der Waals surface area contributed by atoms with Crippen LogP contribution in [0.2, 0.25) is 15.1 Å². The molecule has 1 aromatic heterocycles. The predicted octanol–water partition coefficient (Wildman–Crippen LogP) is 6.62. The Morgan fingerprint density at radius 1 is 1.00 bits per heavy atom. The van der Waals surface area contributed by atoms with E-state index in [0.717, 1.165) is 5.69 Å². The van der Waals surface area contributed by atoms with Crippen molar-refractivity contribution >= 4 is 52.4 Å². The van der Waals surface area contributed by atoms with Gasteiger partial charge >= 0.3 is 0 Å². The molecule has 0 aliphatic rings. The molecule has 2 aromatic carbocycles. The molecule has 0 saturated carbocycles. The van der Waals surface area contributed by atoms with Crippen molar-refractivity contribution in [1.29, 1.82) is 0 Å². The molecular formula is C25H27Cl3N4O2. The highest BCUT2D eigenvalue weighted by Crippen LogP contribution is 2.29. The Labute approximate surface area is 214 Å². The van der Waals surface area contributed by atoms with Crippen molar-refractivity contribution in [1.82, 2.24) is 14.7 Å². The van der Waals surface area contributed by atoms with Crippen LogP contribution in [0, 0.1) is 0 Å². The summed E-state index contributed by atoms with van der Waals surface area (Å²) < 4.78 is 1.62. The average molecular weight is 522 g/mol. The Morgan fingerprint density at radius 2 is 1.71 bits per heavy atom. The fourth-order valence-electron chi connectivity index (χ4n) is 3.33. The predicted molar refractivity (Wildman–Crippen MR) is 139 cm³/mol. The Morgan fingerprint density at radius 3 is 2.32 bits per heavy atom. The molecular weight excluding hydrogens is 495 g/mol. The van der Waals surface area contributed by atoms with Crippen LogP contribution in [0.5, 0.6) is 0 Å². The lowest BCUT2D eigenvalue weighted by Crippen LogP contribution is -2.38. The topological polar surface area (TPSA) is 67.2 Å². The molecule has 9 heteroatoms. The Bertz CT molecular complexity index is 1200. The molecule has 1 heterocycles. The van der Waals surface area contributed by atoms with E-state index in [0.29, 0.717) is 40.1 Å². The molecule has 180 valence electrons. The van der Waals surface area contributed by atoms with E-state index < -0.39 is 0 Å². The lowest BCUT2D eigenvalue weighted by Gasteiger charge is -2.22. The van der Waals surface area contributed by atoms with Crippen LogP contribution >= 0.6 is 34.8 Å². The summed E-state index contributed by atoms with van der Waals surface area (Å²) in [5.41, 5.74) is 1.56. The summed E-state index contributed by atoms with van der Waals surface area (Å²) in [7, 11) is 0. The monoisotopic (exact) mass is 520 g/mol. The molecule has 34 heavy (non-hydrogen) atoms. The minimum atomic E-state index is -0.351. The summed E-state index contributed by atoms with van der Waals surface area (Å²) in [6.45, 7) is 8.33. The molecule has 3 aromatic rings. The Kier molecular flexibility index (Phi) is 8.29. The molecule has 1 N–H and O–H groups in total. The van der Waals surface area contributed by atoms with Crippen LogP contribution in [0.15, 0.2) is 48.5 Å². The summed E-state index contributed by atoms with van der Waals surface area (Å²) >= 11 is 18.5. The summed E-state index contributed by atoms with van der Waals surface area (Å²) in [6.07, 6.45) is 0.687. The first-order valence-corrected chi connectivity index (χ1v) is 12.0. The molecule has 0 bridgehead atoms. The van der Waals surface area contributed by atoms with Gasteiger partial charge in [-0.25, -0.2) is 4.68 Å². The number of carbonyl (C=O) groups is 2. The van der Waals surface area contributed by atoms with E-state index in [1.54, 1.807) is 22.9 Å². The van der Waals surface area contributed by atoms with E-state index in [2.05, 4.69) is 5.32 Å². The van der Waals surface area contributed by atoms with Gasteiger partial charge in [0, 0.05) is 23.6 Å². The van der Waals surface area contributed by atoms with Gasteiger partial charge in [0.05, 0.1) is 26.4 Å². The molecule has 3 rings (SSSR count). The third-order valence-electron chi connectivity index (χ3n) is 5.11. The standard InChI is InChI=1S/C25H27Cl3N4O2/c1-5-12-31(24(34)16-10-11-17(26)19(28)13-16)15-23(33)29-22-14-21(25(2,3)4)30-32(22)20-9-7-6-8-18(20)27/h6-11,13-14H,5,12,15H2,1-4H3,(H,29,33). The smallest absolute Gasteiger partial charge is 0.254 e. The lowest BCUT2D eigenvalue weighted by atomic mass is 9.92. The molecule has 0 saturated heterocycles. The molecule has 0 aliphatic heterocycles. The minimum absolute atomic E-state index is 0.133. The van der Waals surface area contributed by atoms with Gasteiger partial charge in [0.25, 0.3) is 5.91 Å². The van der Waals surface area contributed by atoms with Gasteiger partial charge in [-0.1, -0.05) is 74.6 Å². The first-order chi connectivity index (χ1) is 16.0. The molecule has 0 fully saturated rings. The highest BCUT2D eigenvalue weighted by Gasteiger charge is 2.24. The number of nitrogens with zero attached hydrogens (tertiary/aromatic N) is 3. The van der Waals surface area contributed by atoms with Crippen LogP contribution in [-0.4, -0.2) is 39.6 Å². The first-order valence-electron chi connectivity index (χ1n) is 10.9. The number of benzene rings is 2. The van der Waals surface area contributed by atoms with Gasteiger partial charge < -0.3 is 10.2 Å².